The lowest BCUT2D eigenvalue weighted by Crippen LogP contribution is -3.00. The zero-order valence-electron chi connectivity index (χ0n) is 13.9. The van der Waals surface area contributed by atoms with E-state index < -0.39 is 6.10 Å². The molecule has 5 heteroatoms. The number of hydrogen-bond donors (Lipinski definition) is 2. The summed E-state index contributed by atoms with van der Waals surface area (Å²) in [5.41, 5.74) is 2.91. The molecule has 0 aliphatic carbocycles. The summed E-state index contributed by atoms with van der Waals surface area (Å²) in [6.45, 7) is 3.01. The number of aliphatic hydroxyl groups excluding tert-OH is 1. The first kappa shape index (κ1) is 19.5. The van der Waals surface area contributed by atoms with Crippen molar-refractivity contribution < 1.29 is 21.9 Å². The van der Waals surface area contributed by atoms with Crippen LogP contribution in [-0.4, -0.2) is 11.7 Å². The molecule has 3 nitrogen and oxygen atoms in total. The van der Waals surface area contributed by atoms with Crippen LogP contribution in [-0.2, 0) is 6.54 Å². The molecule has 1 atom stereocenters. The monoisotopic (exact) mass is 376 g/mol. The Hall–Kier alpha value is -1.78. The molecule has 1 unspecified atom stereocenters. The van der Waals surface area contributed by atoms with Gasteiger partial charge in [-0.05, 0) is 36.2 Å². The molecular weight excluding hydrogens is 357 g/mol. The predicted octanol–water partition coefficient (Wildman–Crippen LogP) is 1.74. The first-order chi connectivity index (χ1) is 11.6. The van der Waals surface area contributed by atoms with E-state index in [1.165, 1.54) is 0 Å². The molecule has 0 aliphatic rings. The molecule has 0 spiro atoms. The SMILES string of the molecule is Cc1c(Cl)cccc1-c1ccc(CNCC(O)c2ccccc2)o1.[Cl-]. The fourth-order valence-electron chi connectivity index (χ4n) is 2.62. The Morgan fingerprint density at radius 3 is 2.56 bits per heavy atom. The first-order valence-electron chi connectivity index (χ1n) is 7.93. The Balaban J connectivity index is 0.00000225. The molecule has 1 aromatic heterocycles. The van der Waals surface area contributed by atoms with Gasteiger partial charge in [-0.2, -0.15) is 0 Å². The van der Waals surface area contributed by atoms with Crippen molar-refractivity contribution in [2.24, 2.45) is 0 Å². The molecule has 0 amide bonds. The molecule has 1 heterocycles. The maximum Gasteiger partial charge on any atom is 0.134 e. The molecule has 132 valence electrons. The standard InChI is InChI=1S/C20H20ClNO2.ClH/c1-14-17(8-5-9-18(14)21)20-11-10-16(24-20)12-22-13-19(23)15-6-3-2-4-7-15;/h2-11,19,22-23H,12-13H2,1H3;1H/p-1. The van der Waals surface area contributed by atoms with Gasteiger partial charge in [-0.3, -0.25) is 0 Å². The number of nitrogens with one attached hydrogen (secondary N) is 1. The van der Waals surface area contributed by atoms with Crippen molar-refractivity contribution in [1.82, 2.24) is 5.32 Å². The van der Waals surface area contributed by atoms with E-state index in [0.717, 1.165) is 33.2 Å². The Morgan fingerprint density at radius 1 is 1.04 bits per heavy atom. The van der Waals surface area contributed by atoms with Gasteiger partial charge in [0.25, 0.3) is 0 Å². The third kappa shape index (κ3) is 4.86. The van der Waals surface area contributed by atoms with Crippen molar-refractivity contribution >= 4 is 11.6 Å². The number of furan rings is 1. The van der Waals surface area contributed by atoms with E-state index in [0.29, 0.717) is 13.1 Å². The molecule has 2 aromatic carbocycles. The quantitative estimate of drug-likeness (QED) is 0.688. The van der Waals surface area contributed by atoms with Crippen molar-refractivity contribution in [2.45, 2.75) is 19.6 Å². The second-order valence-corrected chi connectivity index (χ2v) is 6.14. The number of halogens is 2. The molecule has 0 aliphatic heterocycles. The van der Waals surface area contributed by atoms with Crippen molar-refractivity contribution in [2.75, 3.05) is 6.54 Å². The van der Waals surface area contributed by atoms with Crippen LogP contribution in [0.2, 0.25) is 5.02 Å². The summed E-state index contributed by atoms with van der Waals surface area (Å²) >= 11 is 6.17. The zero-order chi connectivity index (χ0) is 16.9. The number of hydrogen-bond acceptors (Lipinski definition) is 3. The summed E-state index contributed by atoms with van der Waals surface area (Å²) in [6.07, 6.45) is -0.532. The number of rotatable bonds is 6. The molecule has 0 saturated heterocycles. The molecule has 3 aromatic rings. The van der Waals surface area contributed by atoms with Gasteiger partial charge in [-0.15, -0.1) is 0 Å². The van der Waals surface area contributed by atoms with E-state index in [2.05, 4.69) is 5.32 Å². The lowest BCUT2D eigenvalue weighted by molar-refractivity contribution is -0.00000711. The van der Waals surface area contributed by atoms with Gasteiger partial charge in [0.05, 0.1) is 12.6 Å². The van der Waals surface area contributed by atoms with Crippen LogP contribution in [0.25, 0.3) is 11.3 Å². The van der Waals surface area contributed by atoms with E-state index >= 15 is 0 Å². The van der Waals surface area contributed by atoms with Crippen LogP contribution < -0.4 is 17.7 Å². The minimum atomic E-state index is -0.532. The van der Waals surface area contributed by atoms with Crippen LogP contribution in [0.1, 0.15) is 23.0 Å². The highest BCUT2D eigenvalue weighted by Gasteiger charge is 2.10. The summed E-state index contributed by atoms with van der Waals surface area (Å²) in [5, 5.41) is 14.1. The highest BCUT2D eigenvalue weighted by atomic mass is 35.5. The lowest BCUT2D eigenvalue weighted by atomic mass is 10.1. The van der Waals surface area contributed by atoms with Crippen LogP contribution in [0.15, 0.2) is 65.1 Å². The third-order valence-corrected chi connectivity index (χ3v) is 4.43. The third-order valence-electron chi connectivity index (χ3n) is 4.02. The normalized spacial score (nSPS) is 11.8. The average Bonchev–Trinajstić information content (AvgIpc) is 3.06. The van der Waals surface area contributed by atoms with Crippen molar-refractivity contribution in [3.05, 3.63) is 82.6 Å². The van der Waals surface area contributed by atoms with Crippen molar-refractivity contribution in [1.29, 1.82) is 0 Å². The van der Waals surface area contributed by atoms with Crippen LogP contribution in [0.4, 0.5) is 0 Å². The minimum Gasteiger partial charge on any atom is -1.00 e. The maximum atomic E-state index is 10.1. The van der Waals surface area contributed by atoms with Crippen molar-refractivity contribution in [3.8, 4) is 11.3 Å². The molecule has 3 rings (SSSR count). The molecule has 0 saturated carbocycles. The fraction of sp³-hybridized carbons (Fsp3) is 0.200. The topological polar surface area (TPSA) is 45.4 Å². The first-order valence-corrected chi connectivity index (χ1v) is 8.31. The molecule has 2 N–H and O–H groups in total. The van der Waals surface area contributed by atoms with Crippen LogP contribution in [0.3, 0.4) is 0 Å². The number of benzene rings is 2. The summed E-state index contributed by atoms with van der Waals surface area (Å²) in [5.74, 6) is 1.63. The Morgan fingerprint density at radius 2 is 1.80 bits per heavy atom. The maximum absolute atomic E-state index is 10.1. The smallest absolute Gasteiger partial charge is 0.134 e. The van der Waals surface area contributed by atoms with E-state index in [1.54, 1.807) is 0 Å². The summed E-state index contributed by atoms with van der Waals surface area (Å²) in [6, 6.07) is 19.3. The van der Waals surface area contributed by atoms with E-state index in [4.69, 9.17) is 16.0 Å². The highest BCUT2D eigenvalue weighted by molar-refractivity contribution is 6.31. The van der Waals surface area contributed by atoms with Gasteiger partial charge >= 0.3 is 0 Å². The van der Waals surface area contributed by atoms with E-state index in [-0.39, 0.29) is 12.4 Å². The van der Waals surface area contributed by atoms with Gasteiger partial charge < -0.3 is 27.2 Å². The summed E-state index contributed by atoms with van der Waals surface area (Å²) < 4.78 is 5.89. The largest absolute Gasteiger partial charge is 1.00 e. The molecular formula is C20H20Cl2NO2-. The van der Waals surface area contributed by atoms with Crippen molar-refractivity contribution in [3.63, 3.8) is 0 Å². The zero-order valence-corrected chi connectivity index (χ0v) is 15.4. The minimum absolute atomic E-state index is 0. The Labute approximate surface area is 159 Å². The van der Waals surface area contributed by atoms with Crippen LogP contribution in [0.5, 0.6) is 0 Å². The van der Waals surface area contributed by atoms with Gasteiger partial charge in [0.15, 0.2) is 0 Å². The van der Waals surface area contributed by atoms with Crippen LogP contribution in [0, 0.1) is 6.92 Å². The van der Waals surface area contributed by atoms with Gasteiger partial charge in [0.1, 0.15) is 11.5 Å². The Bertz CT molecular complexity index is 802. The fourth-order valence-corrected chi connectivity index (χ4v) is 2.79. The van der Waals surface area contributed by atoms with E-state index in [9.17, 15) is 5.11 Å². The summed E-state index contributed by atoms with van der Waals surface area (Å²) in [4.78, 5) is 0. The van der Waals surface area contributed by atoms with E-state index in [1.807, 2.05) is 67.6 Å². The lowest BCUT2D eigenvalue weighted by Gasteiger charge is -2.11. The Kier molecular flexibility index (Phi) is 7.09. The van der Waals surface area contributed by atoms with Gasteiger partial charge in [-0.25, -0.2) is 0 Å². The average molecular weight is 377 g/mol. The van der Waals surface area contributed by atoms with Gasteiger partial charge in [0.2, 0.25) is 0 Å². The number of aliphatic hydroxyl groups is 1. The molecule has 0 bridgehead atoms. The molecule has 0 fully saturated rings. The summed E-state index contributed by atoms with van der Waals surface area (Å²) in [7, 11) is 0. The second-order valence-electron chi connectivity index (χ2n) is 5.74. The van der Waals surface area contributed by atoms with Crippen LogP contribution >= 0.6 is 11.6 Å². The van der Waals surface area contributed by atoms with Gasteiger partial charge in [-0.1, -0.05) is 54.1 Å². The molecule has 0 radical (unpaired) electrons. The molecule has 25 heavy (non-hydrogen) atoms. The van der Waals surface area contributed by atoms with Gasteiger partial charge in [0, 0.05) is 17.1 Å². The second kappa shape index (κ2) is 9.07. The predicted molar refractivity (Wildman–Crippen MR) is 97.0 cm³/mol. The highest BCUT2D eigenvalue weighted by Crippen LogP contribution is 2.29.